The molecule has 0 atom stereocenters. The highest BCUT2D eigenvalue weighted by Gasteiger charge is 2.20. The van der Waals surface area contributed by atoms with Gasteiger partial charge in [-0.25, -0.2) is 14.6 Å². The highest BCUT2D eigenvalue weighted by molar-refractivity contribution is 5.68. The minimum atomic E-state index is 0.495. The average molecular weight is 429 g/mol. The molecule has 0 fully saturated rings. The number of methoxy groups -OCH3 is 2. The predicted octanol–water partition coefficient (Wildman–Crippen LogP) is 3.16. The molecule has 162 valence electrons. The van der Waals surface area contributed by atoms with Gasteiger partial charge in [0.15, 0.2) is 17.3 Å². The van der Waals surface area contributed by atoms with Gasteiger partial charge in [0, 0.05) is 25.1 Å². The van der Waals surface area contributed by atoms with Crippen molar-refractivity contribution in [1.82, 2.24) is 29.5 Å². The Morgan fingerprint density at radius 2 is 1.72 bits per heavy atom. The summed E-state index contributed by atoms with van der Waals surface area (Å²) in [7, 11) is 5.13. The Morgan fingerprint density at radius 1 is 1.00 bits per heavy atom. The van der Waals surface area contributed by atoms with Gasteiger partial charge in [0.1, 0.15) is 17.7 Å². The zero-order chi connectivity index (χ0) is 22.8. The lowest BCUT2D eigenvalue weighted by Gasteiger charge is -2.08. The molecule has 32 heavy (non-hydrogen) atoms. The van der Waals surface area contributed by atoms with Crippen molar-refractivity contribution >= 4 is 0 Å². The number of aryl methyl sites for hydroxylation is 2. The third-order valence-corrected chi connectivity index (χ3v) is 5.31. The molecule has 0 bridgehead atoms. The SMILES string of the molecule is COc1c(-c2ccc(C#N)cc2)nn(C)c1Cc1cc(-n2nc(C)c(OC)c2C)ncn1. The first kappa shape index (κ1) is 21.1. The second-order valence-electron chi connectivity index (χ2n) is 7.30. The van der Waals surface area contributed by atoms with Crippen LogP contribution in [0.3, 0.4) is 0 Å². The van der Waals surface area contributed by atoms with E-state index in [0.717, 1.165) is 34.1 Å². The molecule has 0 amide bonds. The van der Waals surface area contributed by atoms with Crippen molar-refractivity contribution in [3.63, 3.8) is 0 Å². The minimum absolute atomic E-state index is 0.495. The first-order chi connectivity index (χ1) is 15.5. The van der Waals surface area contributed by atoms with E-state index >= 15 is 0 Å². The Balaban J connectivity index is 1.70. The lowest BCUT2D eigenvalue weighted by Crippen LogP contribution is -2.06. The Bertz CT molecular complexity index is 1310. The maximum atomic E-state index is 9.04. The Kier molecular flexibility index (Phi) is 5.60. The Hall–Kier alpha value is -4.19. The van der Waals surface area contributed by atoms with Crippen molar-refractivity contribution in [2.24, 2.45) is 7.05 Å². The minimum Gasteiger partial charge on any atom is -0.493 e. The van der Waals surface area contributed by atoms with Crippen LogP contribution in [0.25, 0.3) is 17.1 Å². The van der Waals surface area contributed by atoms with E-state index in [4.69, 9.17) is 14.7 Å². The molecule has 0 aliphatic carbocycles. The van der Waals surface area contributed by atoms with E-state index in [-0.39, 0.29) is 0 Å². The van der Waals surface area contributed by atoms with Crippen LogP contribution in [0.1, 0.15) is 28.3 Å². The maximum absolute atomic E-state index is 9.04. The lowest BCUT2D eigenvalue weighted by molar-refractivity contribution is 0.408. The van der Waals surface area contributed by atoms with Gasteiger partial charge < -0.3 is 9.47 Å². The van der Waals surface area contributed by atoms with Crippen LogP contribution in [0, 0.1) is 25.2 Å². The van der Waals surface area contributed by atoms with Crippen LogP contribution in [-0.2, 0) is 13.5 Å². The molecule has 0 spiro atoms. The molecule has 4 rings (SSSR count). The molecule has 0 saturated heterocycles. The molecule has 0 aliphatic heterocycles. The van der Waals surface area contributed by atoms with Gasteiger partial charge in [-0.3, -0.25) is 4.68 Å². The van der Waals surface area contributed by atoms with Crippen molar-refractivity contribution in [1.29, 1.82) is 5.26 Å². The van der Waals surface area contributed by atoms with Gasteiger partial charge in [-0.05, 0) is 26.0 Å². The van der Waals surface area contributed by atoms with Gasteiger partial charge in [-0.2, -0.15) is 15.5 Å². The van der Waals surface area contributed by atoms with Crippen LogP contribution < -0.4 is 9.47 Å². The predicted molar refractivity (Wildman–Crippen MR) is 118 cm³/mol. The van der Waals surface area contributed by atoms with E-state index in [0.29, 0.717) is 29.2 Å². The summed E-state index contributed by atoms with van der Waals surface area (Å²) in [5, 5.41) is 18.2. The molecule has 4 aromatic rings. The van der Waals surface area contributed by atoms with Crippen LogP contribution >= 0.6 is 0 Å². The summed E-state index contributed by atoms with van der Waals surface area (Å²) in [5.41, 5.74) is 5.53. The number of rotatable bonds is 6. The molecule has 9 nitrogen and oxygen atoms in total. The van der Waals surface area contributed by atoms with Crippen LogP contribution in [0.4, 0.5) is 0 Å². The van der Waals surface area contributed by atoms with Gasteiger partial charge in [-0.15, -0.1) is 0 Å². The quantitative estimate of drug-likeness (QED) is 0.464. The Morgan fingerprint density at radius 3 is 2.34 bits per heavy atom. The monoisotopic (exact) mass is 429 g/mol. The fraction of sp³-hybridized carbons (Fsp3) is 0.261. The third-order valence-electron chi connectivity index (χ3n) is 5.31. The second kappa shape index (κ2) is 8.51. The number of ether oxygens (including phenoxy) is 2. The van der Waals surface area contributed by atoms with E-state index in [2.05, 4.69) is 26.2 Å². The summed E-state index contributed by atoms with van der Waals surface area (Å²) in [6, 6.07) is 11.3. The third kappa shape index (κ3) is 3.67. The average Bonchev–Trinajstić information content (AvgIpc) is 3.28. The van der Waals surface area contributed by atoms with Crippen molar-refractivity contribution in [2.75, 3.05) is 14.2 Å². The second-order valence-corrected chi connectivity index (χ2v) is 7.30. The molecule has 3 aromatic heterocycles. The first-order valence-electron chi connectivity index (χ1n) is 9.98. The van der Waals surface area contributed by atoms with E-state index in [1.807, 2.05) is 39.1 Å². The molecule has 1 aromatic carbocycles. The number of hydrogen-bond donors (Lipinski definition) is 0. The number of aromatic nitrogens is 6. The van der Waals surface area contributed by atoms with E-state index in [1.54, 1.807) is 35.7 Å². The summed E-state index contributed by atoms with van der Waals surface area (Å²) in [5.74, 6) is 2.07. The summed E-state index contributed by atoms with van der Waals surface area (Å²) < 4.78 is 14.7. The van der Waals surface area contributed by atoms with Gasteiger partial charge in [0.05, 0.1) is 42.9 Å². The van der Waals surface area contributed by atoms with Crippen molar-refractivity contribution < 1.29 is 9.47 Å². The molecule has 0 unspecified atom stereocenters. The normalized spacial score (nSPS) is 10.8. The molecule has 0 aliphatic rings. The first-order valence-corrected chi connectivity index (χ1v) is 9.98. The van der Waals surface area contributed by atoms with Crippen LogP contribution in [0.5, 0.6) is 11.5 Å². The molecular formula is C23H23N7O2. The van der Waals surface area contributed by atoms with Crippen molar-refractivity contribution in [2.45, 2.75) is 20.3 Å². The van der Waals surface area contributed by atoms with E-state index in [9.17, 15) is 0 Å². The molecule has 9 heteroatoms. The summed E-state index contributed by atoms with van der Waals surface area (Å²) in [6.45, 7) is 3.84. The van der Waals surface area contributed by atoms with Crippen LogP contribution in [0.2, 0.25) is 0 Å². The largest absolute Gasteiger partial charge is 0.493 e. The molecule has 3 heterocycles. The summed E-state index contributed by atoms with van der Waals surface area (Å²) in [4.78, 5) is 8.83. The molecule has 0 N–H and O–H groups in total. The zero-order valence-corrected chi connectivity index (χ0v) is 18.6. The van der Waals surface area contributed by atoms with Crippen molar-refractivity contribution in [3.05, 3.63) is 65.0 Å². The fourth-order valence-electron chi connectivity index (χ4n) is 3.76. The van der Waals surface area contributed by atoms with Gasteiger partial charge in [0.2, 0.25) is 0 Å². The maximum Gasteiger partial charge on any atom is 0.168 e. The topological polar surface area (TPSA) is 104 Å². The lowest BCUT2D eigenvalue weighted by atomic mass is 10.1. The van der Waals surface area contributed by atoms with Crippen LogP contribution in [0.15, 0.2) is 36.7 Å². The zero-order valence-electron chi connectivity index (χ0n) is 18.6. The smallest absolute Gasteiger partial charge is 0.168 e. The number of hydrogen-bond acceptors (Lipinski definition) is 7. The van der Waals surface area contributed by atoms with E-state index in [1.165, 1.54) is 6.33 Å². The highest BCUT2D eigenvalue weighted by Crippen LogP contribution is 2.33. The van der Waals surface area contributed by atoms with Gasteiger partial charge in [-0.1, -0.05) is 12.1 Å². The molecule has 0 radical (unpaired) electrons. The molecule has 0 saturated carbocycles. The number of nitrogens with zero attached hydrogens (tertiary/aromatic N) is 7. The highest BCUT2D eigenvalue weighted by atomic mass is 16.5. The number of benzene rings is 1. The molecular weight excluding hydrogens is 406 g/mol. The van der Waals surface area contributed by atoms with Gasteiger partial charge >= 0.3 is 0 Å². The van der Waals surface area contributed by atoms with Crippen molar-refractivity contribution in [3.8, 4) is 34.6 Å². The number of nitriles is 1. The summed E-state index contributed by atoms with van der Waals surface area (Å²) in [6.07, 6.45) is 2.02. The fourth-order valence-corrected chi connectivity index (χ4v) is 3.76. The van der Waals surface area contributed by atoms with E-state index < -0.39 is 0 Å². The summed E-state index contributed by atoms with van der Waals surface area (Å²) >= 11 is 0. The Labute approximate surface area is 185 Å². The standard InChI is InChI=1S/C23H23N7O2/c1-14-22(31-4)15(2)30(27-14)20-11-18(25-13-26-20)10-19-23(32-5)21(28-29(19)3)17-8-6-16(12-24)7-9-17/h6-9,11,13H,10H2,1-5H3. The van der Waals surface area contributed by atoms with Crippen LogP contribution in [-0.4, -0.2) is 43.7 Å². The van der Waals surface area contributed by atoms with Gasteiger partial charge in [0.25, 0.3) is 0 Å².